The highest BCUT2D eigenvalue weighted by Gasteiger charge is 2.19. The lowest BCUT2D eigenvalue weighted by atomic mass is 10.0. The van der Waals surface area contributed by atoms with Crippen molar-refractivity contribution < 1.29 is 4.42 Å². The van der Waals surface area contributed by atoms with E-state index in [2.05, 4.69) is 35.1 Å². The number of nitrogens with one attached hydrogen (secondary N) is 1. The van der Waals surface area contributed by atoms with E-state index in [0.29, 0.717) is 10.9 Å². The predicted octanol–water partition coefficient (Wildman–Crippen LogP) is 4.77. The average Bonchev–Trinajstić information content (AvgIpc) is 2.61. The summed E-state index contributed by atoms with van der Waals surface area (Å²) in [5, 5.41) is 4.93. The van der Waals surface area contributed by atoms with Crippen molar-refractivity contribution >= 4 is 38.5 Å². The van der Waals surface area contributed by atoms with Crippen molar-refractivity contribution in [2.24, 2.45) is 5.92 Å². The van der Waals surface area contributed by atoms with Crippen LogP contribution < -0.4 is 5.32 Å². The Morgan fingerprint density at radius 2 is 2.00 bits per heavy atom. The van der Waals surface area contributed by atoms with E-state index in [9.17, 15) is 0 Å². The molecule has 1 unspecified atom stereocenters. The molecule has 92 valence electrons. The summed E-state index contributed by atoms with van der Waals surface area (Å²) in [5.74, 6) is 1.39. The number of halogens is 2. The van der Waals surface area contributed by atoms with Gasteiger partial charge in [0.05, 0.1) is 11.1 Å². The molecule has 2 aromatic rings. The Morgan fingerprint density at radius 3 is 2.59 bits per heavy atom. The number of fused-ring (bicyclic) bond motifs is 1. The summed E-state index contributed by atoms with van der Waals surface area (Å²) in [6, 6.07) is 6.12. The summed E-state index contributed by atoms with van der Waals surface area (Å²) in [4.78, 5) is 0. The second-order valence-electron chi connectivity index (χ2n) is 4.47. The van der Waals surface area contributed by atoms with Crippen LogP contribution in [0.4, 0.5) is 0 Å². The molecule has 1 aromatic heterocycles. The summed E-state index contributed by atoms with van der Waals surface area (Å²) in [7, 11) is 1.94. The molecule has 0 spiro atoms. The van der Waals surface area contributed by atoms with Crippen LogP contribution in [-0.2, 0) is 0 Å². The van der Waals surface area contributed by atoms with Crippen LogP contribution >= 0.6 is 27.5 Å². The van der Waals surface area contributed by atoms with Crippen molar-refractivity contribution in [3.8, 4) is 0 Å². The number of furan rings is 1. The third kappa shape index (κ3) is 2.51. The van der Waals surface area contributed by atoms with Crippen molar-refractivity contribution in [1.82, 2.24) is 5.32 Å². The van der Waals surface area contributed by atoms with Crippen LogP contribution in [0, 0.1) is 5.92 Å². The van der Waals surface area contributed by atoms with E-state index >= 15 is 0 Å². The number of rotatable bonds is 3. The topological polar surface area (TPSA) is 25.2 Å². The van der Waals surface area contributed by atoms with E-state index in [4.69, 9.17) is 16.0 Å². The molecule has 0 saturated carbocycles. The first kappa shape index (κ1) is 12.9. The molecule has 0 aliphatic carbocycles. The van der Waals surface area contributed by atoms with E-state index in [-0.39, 0.29) is 6.04 Å². The highest BCUT2D eigenvalue weighted by atomic mass is 79.9. The molecule has 2 rings (SSSR count). The summed E-state index contributed by atoms with van der Waals surface area (Å²) < 4.78 is 6.82. The zero-order chi connectivity index (χ0) is 12.6. The molecular formula is C13H15BrClNO. The van der Waals surface area contributed by atoms with Crippen molar-refractivity contribution in [3.05, 3.63) is 33.5 Å². The van der Waals surface area contributed by atoms with E-state index < -0.39 is 0 Å². The second-order valence-corrected chi connectivity index (χ2v) is 5.79. The molecule has 0 aliphatic rings. The first-order valence-corrected chi connectivity index (χ1v) is 6.75. The summed E-state index contributed by atoms with van der Waals surface area (Å²) >= 11 is 9.59. The second kappa shape index (κ2) is 5.01. The van der Waals surface area contributed by atoms with Crippen LogP contribution in [0.2, 0.25) is 5.02 Å². The number of hydrogen-bond donors (Lipinski definition) is 1. The normalized spacial score (nSPS) is 13.5. The van der Waals surface area contributed by atoms with Crippen LogP contribution in [0.1, 0.15) is 25.6 Å². The van der Waals surface area contributed by atoms with Crippen LogP contribution in [0.25, 0.3) is 11.0 Å². The number of hydrogen-bond acceptors (Lipinski definition) is 2. The predicted molar refractivity (Wildman–Crippen MR) is 75.6 cm³/mol. The van der Waals surface area contributed by atoms with Gasteiger partial charge in [-0.3, -0.25) is 0 Å². The molecule has 0 aliphatic heterocycles. The minimum Gasteiger partial charge on any atom is -0.458 e. The molecule has 0 bridgehead atoms. The highest BCUT2D eigenvalue weighted by Crippen LogP contribution is 2.34. The summed E-state index contributed by atoms with van der Waals surface area (Å²) in [5.41, 5.74) is 0.755. The molecule has 0 fully saturated rings. The van der Waals surface area contributed by atoms with E-state index in [0.717, 1.165) is 21.2 Å². The largest absolute Gasteiger partial charge is 0.458 e. The monoisotopic (exact) mass is 315 g/mol. The standard InChI is InChI=1S/C13H15BrClNO/c1-7(2)12(16-3)11-5-8-4-9(14)6-10(15)13(8)17-11/h4-7,12,16H,1-3H3. The Bertz CT molecular complexity index is 535. The first-order valence-electron chi connectivity index (χ1n) is 5.58. The van der Waals surface area contributed by atoms with E-state index in [1.54, 1.807) is 0 Å². The molecule has 4 heteroatoms. The first-order chi connectivity index (χ1) is 8.02. The lowest BCUT2D eigenvalue weighted by Crippen LogP contribution is -2.20. The molecule has 1 atom stereocenters. The fourth-order valence-electron chi connectivity index (χ4n) is 2.05. The minimum atomic E-state index is 0.206. The molecule has 0 radical (unpaired) electrons. The van der Waals surface area contributed by atoms with Crippen LogP contribution in [-0.4, -0.2) is 7.05 Å². The van der Waals surface area contributed by atoms with Crippen molar-refractivity contribution in [3.63, 3.8) is 0 Å². The Hall–Kier alpha value is -0.510. The van der Waals surface area contributed by atoms with Gasteiger partial charge in [-0.2, -0.15) is 0 Å². The van der Waals surface area contributed by atoms with Gasteiger partial charge in [0.2, 0.25) is 0 Å². The molecule has 17 heavy (non-hydrogen) atoms. The average molecular weight is 317 g/mol. The summed E-state index contributed by atoms with van der Waals surface area (Å²) in [6.45, 7) is 4.32. The van der Waals surface area contributed by atoms with Gasteiger partial charge in [0, 0.05) is 9.86 Å². The van der Waals surface area contributed by atoms with E-state index in [1.807, 2.05) is 25.2 Å². The quantitative estimate of drug-likeness (QED) is 0.882. The van der Waals surface area contributed by atoms with Crippen LogP contribution in [0.3, 0.4) is 0 Å². The van der Waals surface area contributed by atoms with Gasteiger partial charge in [-0.15, -0.1) is 0 Å². The van der Waals surface area contributed by atoms with Gasteiger partial charge in [0.15, 0.2) is 5.58 Å². The Morgan fingerprint density at radius 1 is 1.29 bits per heavy atom. The third-order valence-electron chi connectivity index (χ3n) is 2.84. The lowest BCUT2D eigenvalue weighted by molar-refractivity contribution is 0.371. The van der Waals surface area contributed by atoms with Gasteiger partial charge in [-0.05, 0) is 31.2 Å². The van der Waals surface area contributed by atoms with Gasteiger partial charge in [0.25, 0.3) is 0 Å². The maximum absolute atomic E-state index is 6.16. The number of benzene rings is 1. The van der Waals surface area contributed by atoms with Crippen LogP contribution in [0.15, 0.2) is 27.1 Å². The third-order valence-corrected chi connectivity index (χ3v) is 3.58. The molecule has 1 N–H and O–H groups in total. The molecule has 0 saturated heterocycles. The zero-order valence-electron chi connectivity index (χ0n) is 10.1. The van der Waals surface area contributed by atoms with Gasteiger partial charge in [0.1, 0.15) is 5.76 Å². The smallest absolute Gasteiger partial charge is 0.153 e. The summed E-state index contributed by atoms with van der Waals surface area (Å²) in [6.07, 6.45) is 0. The molecular weight excluding hydrogens is 302 g/mol. The van der Waals surface area contributed by atoms with Crippen molar-refractivity contribution in [2.75, 3.05) is 7.05 Å². The van der Waals surface area contributed by atoms with Gasteiger partial charge >= 0.3 is 0 Å². The fourth-order valence-corrected chi connectivity index (χ4v) is 2.93. The lowest BCUT2D eigenvalue weighted by Gasteiger charge is -2.17. The maximum atomic E-state index is 6.16. The molecule has 0 amide bonds. The Balaban J connectivity index is 2.54. The molecule has 1 heterocycles. The zero-order valence-corrected chi connectivity index (χ0v) is 12.4. The maximum Gasteiger partial charge on any atom is 0.153 e. The Labute approximate surface area is 114 Å². The van der Waals surface area contributed by atoms with Gasteiger partial charge < -0.3 is 9.73 Å². The fraction of sp³-hybridized carbons (Fsp3) is 0.385. The van der Waals surface area contributed by atoms with Gasteiger partial charge in [-0.25, -0.2) is 0 Å². The molecule has 1 aromatic carbocycles. The highest BCUT2D eigenvalue weighted by molar-refractivity contribution is 9.10. The molecule has 2 nitrogen and oxygen atoms in total. The van der Waals surface area contributed by atoms with Crippen molar-refractivity contribution in [2.45, 2.75) is 19.9 Å². The Kier molecular flexibility index (Phi) is 3.81. The SMILES string of the molecule is CNC(c1cc2cc(Br)cc(Cl)c2o1)C(C)C. The minimum absolute atomic E-state index is 0.206. The van der Waals surface area contributed by atoms with Gasteiger partial charge in [-0.1, -0.05) is 41.4 Å². The van der Waals surface area contributed by atoms with Crippen molar-refractivity contribution in [1.29, 1.82) is 0 Å². The van der Waals surface area contributed by atoms with Crippen LogP contribution in [0.5, 0.6) is 0 Å². The van der Waals surface area contributed by atoms with E-state index in [1.165, 1.54) is 0 Å².